The molecule has 0 fully saturated rings. The van der Waals surface area contributed by atoms with Crippen molar-refractivity contribution in [2.24, 2.45) is 0 Å². The summed E-state index contributed by atoms with van der Waals surface area (Å²) in [4.78, 5) is 22.9. The molecule has 0 aliphatic rings. The first-order chi connectivity index (χ1) is 10.1. The van der Waals surface area contributed by atoms with Crippen LogP contribution in [0.25, 0.3) is 11.1 Å². The van der Waals surface area contributed by atoms with E-state index in [2.05, 4.69) is 5.32 Å². The van der Waals surface area contributed by atoms with Crippen LogP contribution < -0.4 is 5.32 Å². The SMILES string of the molecule is CC[C@H](NC(=O)c1ccc(-c2ccccc2)cc1)C(=O)O. The molecule has 0 bridgehead atoms. The van der Waals surface area contributed by atoms with Crippen molar-refractivity contribution in [1.82, 2.24) is 5.32 Å². The zero-order valence-electron chi connectivity index (χ0n) is 11.7. The van der Waals surface area contributed by atoms with Crippen LogP contribution in [0, 0.1) is 0 Å². The number of aliphatic carboxylic acids is 1. The first-order valence-electron chi connectivity index (χ1n) is 6.81. The van der Waals surface area contributed by atoms with Gasteiger partial charge < -0.3 is 10.4 Å². The molecule has 0 spiro atoms. The zero-order valence-corrected chi connectivity index (χ0v) is 11.7. The van der Waals surface area contributed by atoms with Crippen LogP contribution in [-0.2, 0) is 4.79 Å². The number of benzene rings is 2. The number of carbonyl (C=O) groups is 2. The van der Waals surface area contributed by atoms with E-state index in [4.69, 9.17) is 5.11 Å². The highest BCUT2D eigenvalue weighted by molar-refractivity contribution is 5.96. The number of rotatable bonds is 5. The van der Waals surface area contributed by atoms with Gasteiger partial charge in [-0.1, -0.05) is 49.4 Å². The lowest BCUT2D eigenvalue weighted by molar-refractivity contribution is -0.139. The molecule has 108 valence electrons. The van der Waals surface area contributed by atoms with Crippen molar-refractivity contribution in [3.05, 3.63) is 60.2 Å². The summed E-state index contributed by atoms with van der Waals surface area (Å²) in [6.45, 7) is 1.72. The van der Waals surface area contributed by atoms with Crippen molar-refractivity contribution in [1.29, 1.82) is 0 Å². The second-order valence-corrected chi connectivity index (χ2v) is 4.72. The van der Waals surface area contributed by atoms with Crippen LogP contribution in [0.1, 0.15) is 23.7 Å². The average Bonchev–Trinajstić information content (AvgIpc) is 2.53. The highest BCUT2D eigenvalue weighted by atomic mass is 16.4. The molecular weight excluding hydrogens is 266 g/mol. The number of carboxylic acids is 1. The molecule has 0 aliphatic carbocycles. The van der Waals surface area contributed by atoms with Crippen LogP contribution in [0.5, 0.6) is 0 Å². The highest BCUT2D eigenvalue weighted by Crippen LogP contribution is 2.19. The molecule has 2 rings (SSSR count). The fraction of sp³-hybridized carbons (Fsp3) is 0.176. The molecule has 1 atom stereocenters. The van der Waals surface area contributed by atoms with Gasteiger partial charge in [-0.15, -0.1) is 0 Å². The maximum Gasteiger partial charge on any atom is 0.326 e. The van der Waals surface area contributed by atoms with Crippen LogP contribution in [-0.4, -0.2) is 23.0 Å². The number of carboxylic acid groups (broad SMARTS) is 1. The molecule has 0 saturated carbocycles. The smallest absolute Gasteiger partial charge is 0.326 e. The largest absolute Gasteiger partial charge is 0.480 e. The van der Waals surface area contributed by atoms with Crippen molar-refractivity contribution in [2.45, 2.75) is 19.4 Å². The topological polar surface area (TPSA) is 66.4 Å². The van der Waals surface area contributed by atoms with Gasteiger partial charge in [-0.2, -0.15) is 0 Å². The Bertz CT molecular complexity index is 620. The van der Waals surface area contributed by atoms with E-state index in [0.29, 0.717) is 12.0 Å². The van der Waals surface area contributed by atoms with E-state index in [-0.39, 0.29) is 5.91 Å². The molecule has 0 unspecified atom stereocenters. The van der Waals surface area contributed by atoms with Gasteiger partial charge in [0.1, 0.15) is 6.04 Å². The molecule has 1 amide bonds. The Morgan fingerprint density at radius 1 is 1.00 bits per heavy atom. The monoisotopic (exact) mass is 283 g/mol. The molecule has 2 N–H and O–H groups in total. The minimum absolute atomic E-state index is 0.350. The molecule has 4 heteroatoms. The summed E-state index contributed by atoms with van der Waals surface area (Å²) in [5, 5.41) is 11.5. The van der Waals surface area contributed by atoms with Gasteiger partial charge in [0.15, 0.2) is 0 Å². The van der Waals surface area contributed by atoms with E-state index in [9.17, 15) is 9.59 Å². The summed E-state index contributed by atoms with van der Waals surface area (Å²) in [6, 6.07) is 16.1. The molecule has 0 aromatic heterocycles. The Balaban J connectivity index is 2.12. The molecule has 0 radical (unpaired) electrons. The third-order valence-corrected chi connectivity index (χ3v) is 3.27. The number of hydrogen-bond acceptors (Lipinski definition) is 2. The van der Waals surface area contributed by atoms with Crippen LogP contribution in [0.3, 0.4) is 0 Å². The van der Waals surface area contributed by atoms with Crippen LogP contribution in [0.15, 0.2) is 54.6 Å². The predicted octanol–water partition coefficient (Wildman–Crippen LogP) is 2.95. The number of carbonyl (C=O) groups excluding carboxylic acids is 1. The van der Waals surface area contributed by atoms with E-state index in [0.717, 1.165) is 11.1 Å². The molecule has 2 aromatic carbocycles. The second kappa shape index (κ2) is 6.70. The van der Waals surface area contributed by atoms with Crippen molar-refractivity contribution in [3.8, 4) is 11.1 Å². The standard InChI is InChI=1S/C17H17NO3/c1-2-15(17(20)21)18-16(19)14-10-8-13(9-11-14)12-6-4-3-5-7-12/h3-11,15H,2H2,1H3,(H,18,19)(H,20,21)/t15-/m0/s1. The van der Waals surface area contributed by atoms with E-state index >= 15 is 0 Å². The Labute approximate surface area is 123 Å². The molecule has 4 nitrogen and oxygen atoms in total. The number of amides is 1. The fourth-order valence-electron chi connectivity index (χ4n) is 2.02. The first-order valence-corrected chi connectivity index (χ1v) is 6.81. The van der Waals surface area contributed by atoms with Crippen LogP contribution in [0.4, 0.5) is 0 Å². The average molecular weight is 283 g/mol. The van der Waals surface area contributed by atoms with E-state index < -0.39 is 12.0 Å². The molecule has 0 saturated heterocycles. The maximum absolute atomic E-state index is 12.0. The fourth-order valence-corrected chi connectivity index (χ4v) is 2.02. The van der Waals surface area contributed by atoms with Crippen LogP contribution in [0.2, 0.25) is 0 Å². The Hall–Kier alpha value is -2.62. The van der Waals surface area contributed by atoms with Gasteiger partial charge in [0, 0.05) is 5.56 Å². The van der Waals surface area contributed by atoms with E-state index in [1.807, 2.05) is 42.5 Å². The summed E-state index contributed by atoms with van der Waals surface area (Å²) in [5.41, 5.74) is 2.54. The van der Waals surface area contributed by atoms with E-state index in [1.54, 1.807) is 19.1 Å². The minimum atomic E-state index is -1.02. The lowest BCUT2D eigenvalue weighted by Gasteiger charge is -2.12. The summed E-state index contributed by atoms with van der Waals surface area (Å²) in [6.07, 6.45) is 0.350. The summed E-state index contributed by atoms with van der Waals surface area (Å²) in [7, 11) is 0. The zero-order chi connectivity index (χ0) is 15.2. The molecule has 21 heavy (non-hydrogen) atoms. The molecule has 0 heterocycles. The van der Waals surface area contributed by atoms with Crippen molar-refractivity contribution >= 4 is 11.9 Å². The highest BCUT2D eigenvalue weighted by Gasteiger charge is 2.18. The predicted molar refractivity (Wildman–Crippen MR) is 81.1 cm³/mol. The van der Waals surface area contributed by atoms with Gasteiger partial charge in [-0.05, 0) is 29.7 Å². The van der Waals surface area contributed by atoms with Crippen molar-refractivity contribution in [3.63, 3.8) is 0 Å². The third-order valence-electron chi connectivity index (χ3n) is 3.27. The molecule has 0 aliphatic heterocycles. The number of nitrogens with one attached hydrogen (secondary N) is 1. The first kappa shape index (κ1) is 14.8. The lowest BCUT2D eigenvalue weighted by Crippen LogP contribution is -2.40. The van der Waals surface area contributed by atoms with Crippen LogP contribution >= 0.6 is 0 Å². The summed E-state index contributed by atoms with van der Waals surface area (Å²) in [5.74, 6) is -1.39. The Morgan fingerprint density at radius 2 is 1.57 bits per heavy atom. The quantitative estimate of drug-likeness (QED) is 0.886. The van der Waals surface area contributed by atoms with Gasteiger partial charge in [0.2, 0.25) is 0 Å². The van der Waals surface area contributed by atoms with Gasteiger partial charge in [0.25, 0.3) is 5.91 Å². The second-order valence-electron chi connectivity index (χ2n) is 4.72. The number of hydrogen-bond donors (Lipinski definition) is 2. The Morgan fingerprint density at radius 3 is 2.10 bits per heavy atom. The molecular formula is C17H17NO3. The van der Waals surface area contributed by atoms with Gasteiger partial charge in [-0.25, -0.2) is 4.79 Å². The maximum atomic E-state index is 12.0. The van der Waals surface area contributed by atoms with Crippen molar-refractivity contribution in [2.75, 3.05) is 0 Å². The minimum Gasteiger partial charge on any atom is -0.480 e. The third kappa shape index (κ3) is 3.69. The summed E-state index contributed by atoms with van der Waals surface area (Å²) >= 11 is 0. The van der Waals surface area contributed by atoms with Crippen molar-refractivity contribution < 1.29 is 14.7 Å². The summed E-state index contributed by atoms with van der Waals surface area (Å²) < 4.78 is 0. The lowest BCUT2D eigenvalue weighted by atomic mass is 10.0. The van der Waals surface area contributed by atoms with Gasteiger partial charge in [0.05, 0.1) is 0 Å². The van der Waals surface area contributed by atoms with Gasteiger partial charge in [-0.3, -0.25) is 4.79 Å². The Kier molecular flexibility index (Phi) is 4.72. The normalized spacial score (nSPS) is 11.7. The van der Waals surface area contributed by atoms with Gasteiger partial charge >= 0.3 is 5.97 Å². The molecule has 2 aromatic rings. The van der Waals surface area contributed by atoms with E-state index in [1.165, 1.54) is 0 Å².